The molecule has 19 heavy (non-hydrogen) atoms. The zero-order valence-electron chi connectivity index (χ0n) is 10.3. The summed E-state index contributed by atoms with van der Waals surface area (Å²) in [5.74, 6) is 0.939. The summed E-state index contributed by atoms with van der Waals surface area (Å²) >= 11 is 5.26. The summed E-state index contributed by atoms with van der Waals surface area (Å²) in [4.78, 5) is 5.97. The molecule has 0 bridgehead atoms. The fourth-order valence-electron chi connectivity index (χ4n) is 1.96. The Morgan fingerprint density at radius 2 is 1.95 bits per heavy atom. The lowest BCUT2D eigenvalue weighted by Crippen LogP contribution is -2.05. The SMILES string of the molecule is Brc1ccc(CCNc2ccc3ccccc3n2)s1. The van der Waals surface area contributed by atoms with Crippen molar-refractivity contribution in [1.29, 1.82) is 0 Å². The third kappa shape index (κ3) is 3.14. The Balaban J connectivity index is 1.65. The number of rotatable bonds is 4. The first kappa shape index (κ1) is 12.6. The first-order chi connectivity index (χ1) is 9.31. The Hall–Kier alpha value is -1.39. The van der Waals surface area contributed by atoms with Gasteiger partial charge in [0.15, 0.2) is 0 Å². The van der Waals surface area contributed by atoms with Crippen LogP contribution in [-0.2, 0) is 6.42 Å². The molecule has 0 saturated carbocycles. The molecule has 3 aromatic rings. The molecule has 0 fully saturated rings. The van der Waals surface area contributed by atoms with Crippen LogP contribution in [-0.4, -0.2) is 11.5 Å². The second-order valence-electron chi connectivity index (χ2n) is 4.27. The summed E-state index contributed by atoms with van der Waals surface area (Å²) in [6.45, 7) is 0.901. The van der Waals surface area contributed by atoms with E-state index in [0.29, 0.717) is 0 Å². The number of nitrogens with zero attached hydrogens (tertiary/aromatic N) is 1. The molecule has 0 aliphatic heterocycles. The predicted molar refractivity (Wildman–Crippen MR) is 86.0 cm³/mol. The van der Waals surface area contributed by atoms with Crippen molar-refractivity contribution < 1.29 is 0 Å². The highest BCUT2D eigenvalue weighted by Crippen LogP contribution is 2.22. The minimum absolute atomic E-state index is 0.901. The van der Waals surface area contributed by atoms with Crippen LogP contribution in [0.1, 0.15) is 4.88 Å². The zero-order valence-corrected chi connectivity index (χ0v) is 12.7. The Kier molecular flexibility index (Phi) is 3.80. The highest BCUT2D eigenvalue weighted by atomic mass is 79.9. The van der Waals surface area contributed by atoms with Crippen LogP contribution in [0, 0.1) is 0 Å². The molecule has 2 nitrogen and oxygen atoms in total. The molecule has 0 aliphatic rings. The van der Waals surface area contributed by atoms with Crippen molar-refractivity contribution in [1.82, 2.24) is 4.98 Å². The molecule has 2 aromatic heterocycles. The number of para-hydroxylation sites is 1. The maximum Gasteiger partial charge on any atom is 0.126 e. The minimum Gasteiger partial charge on any atom is -0.370 e. The average molecular weight is 333 g/mol. The minimum atomic E-state index is 0.901. The van der Waals surface area contributed by atoms with Gasteiger partial charge in [-0.05, 0) is 52.7 Å². The fourth-order valence-corrected chi connectivity index (χ4v) is 3.45. The Morgan fingerprint density at radius 1 is 1.05 bits per heavy atom. The number of hydrogen-bond acceptors (Lipinski definition) is 3. The maximum absolute atomic E-state index is 4.59. The van der Waals surface area contributed by atoms with E-state index in [2.05, 4.69) is 50.5 Å². The lowest BCUT2D eigenvalue weighted by Gasteiger charge is -2.05. The molecule has 3 rings (SSSR count). The van der Waals surface area contributed by atoms with E-state index in [0.717, 1.165) is 24.3 Å². The third-order valence-corrected chi connectivity index (χ3v) is 4.59. The molecule has 96 valence electrons. The summed E-state index contributed by atoms with van der Waals surface area (Å²) in [5.41, 5.74) is 1.03. The standard InChI is InChI=1S/C15H13BrN2S/c16-14-7-6-12(19-14)9-10-17-15-8-5-11-3-1-2-4-13(11)18-15/h1-8H,9-10H2,(H,17,18). The first-order valence-corrected chi connectivity index (χ1v) is 7.76. The lowest BCUT2D eigenvalue weighted by molar-refractivity contribution is 1.03. The van der Waals surface area contributed by atoms with Gasteiger partial charge in [0, 0.05) is 16.8 Å². The van der Waals surface area contributed by atoms with Gasteiger partial charge in [-0.15, -0.1) is 11.3 Å². The lowest BCUT2D eigenvalue weighted by atomic mass is 10.2. The number of benzene rings is 1. The molecule has 0 spiro atoms. The van der Waals surface area contributed by atoms with E-state index in [4.69, 9.17) is 0 Å². The van der Waals surface area contributed by atoms with Gasteiger partial charge >= 0.3 is 0 Å². The second-order valence-corrected chi connectivity index (χ2v) is 6.82. The molecular weight excluding hydrogens is 320 g/mol. The third-order valence-electron chi connectivity index (χ3n) is 2.90. The summed E-state index contributed by atoms with van der Waals surface area (Å²) < 4.78 is 1.19. The summed E-state index contributed by atoms with van der Waals surface area (Å²) in [7, 11) is 0. The number of nitrogens with one attached hydrogen (secondary N) is 1. The van der Waals surface area contributed by atoms with E-state index in [1.165, 1.54) is 14.0 Å². The number of halogens is 1. The molecule has 0 saturated heterocycles. The quantitative estimate of drug-likeness (QED) is 0.748. The van der Waals surface area contributed by atoms with Gasteiger partial charge in [-0.3, -0.25) is 0 Å². The van der Waals surface area contributed by atoms with E-state index in [1.807, 2.05) is 24.3 Å². The van der Waals surface area contributed by atoms with Crippen LogP contribution in [0.3, 0.4) is 0 Å². The second kappa shape index (κ2) is 5.72. The van der Waals surface area contributed by atoms with Crippen molar-refractivity contribution in [2.45, 2.75) is 6.42 Å². The van der Waals surface area contributed by atoms with Crippen LogP contribution in [0.4, 0.5) is 5.82 Å². The molecule has 0 atom stereocenters. The van der Waals surface area contributed by atoms with Crippen LogP contribution in [0.2, 0.25) is 0 Å². The largest absolute Gasteiger partial charge is 0.370 e. The van der Waals surface area contributed by atoms with Crippen molar-refractivity contribution in [3.05, 3.63) is 57.2 Å². The predicted octanol–water partition coefficient (Wildman–Crippen LogP) is 4.71. The van der Waals surface area contributed by atoms with Gasteiger partial charge in [0.25, 0.3) is 0 Å². The van der Waals surface area contributed by atoms with Gasteiger partial charge in [-0.1, -0.05) is 18.2 Å². The van der Waals surface area contributed by atoms with Gasteiger partial charge in [-0.2, -0.15) is 0 Å². The number of aromatic nitrogens is 1. The molecule has 4 heteroatoms. The molecule has 0 aliphatic carbocycles. The summed E-state index contributed by atoms with van der Waals surface area (Å²) in [5, 5.41) is 4.55. The molecular formula is C15H13BrN2S. The Labute approximate surface area is 124 Å². The van der Waals surface area contributed by atoms with Gasteiger partial charge in [0.1, 0.15) is 5.82 Å². The summed E-state index contributed by atoms with van der Waals surface area (Å²) in [6, 6.07) is 16.6. The van der Waals surface area contributed by atoms with E-state index < -0.39 is 0 Å². The van der Waals surface area contributed by atoms with E-state index in [-0.39, 0.29) is 0 Å². The monoisotopic (exact) mass is 332 g/mol. The van der Waals surface area contributed by atoms with Crippen LogP contribution in [0.15, 0.2) is 52.3 Å². The van der Waals surface area contributed by atoms with E-state index in [1.54, 1.807) is 11.3 Å². The van der Waals surface area contributed by atoms with Gasteiger partial charge in [0.05, 0.1) is 9.30 Å². The molecule has 1 aromatic carbocycles. The van der Waals surface area contributed by atoms with Crippen molar-refractivity contribution in [2.24, 2.45) is 0 Å². The highest BCUT2D eigenvalue weighted by Gasteiger charge is 1.99. The van der Waals surface area contributed by atoms with Crippen LogP contribution < -0.4 is 5.32 Å². The van der Waals surface area contributed by atoms with Crippen molar-refractivity contribution in [2.75, 3.05) is 11.9 Å². The molecule has 0 radical (unpaired) electrons. The average Bonchev–Trinajstić information content (AvgIpc) is 2.84. The van der Waals surface area contributed by atoms with Gasteiger partial charge < -0.3 is 5.32 Å². The maximum atomic E-state index is 4.59. The number of fused-ring (bicyclic) bond motifs is 1. The zero-order chi connectivity index (χ0) is 13.1. The van der Waals surface area contributed by atoms with E-state index in [9.17, 15) is 0 Å². The van der Waals surface area contributed by atoms with Crippen molar-refractivity contribution in [3.63, 3.8) is 0 Å². The Bertz CT molecular complexity index is 693. The number of hydrogen-bond donors (Lipinski definition) is 1. The molecule has 0 unspecified atom stereocenters. The number of thiophene rings is 1. The van der Waals surface area contributed by atoms with Crippen LogP contribution >= 0.6 is 27.3 Å². The smallest absolute Gasteiger partial charge is 0.126 e. The molecule has 0 amide bonds. The van der Waals surface area contributed by atoms with Crippen LogP contribution in [0.5, 0.6) is 0 Å². The number of anilines is 1. The topological polar surface area (TPSA) is 24.9 Å². The highest BCUT2D eigenvalue weighted by molar-refractivity contribution is 9.11. The summed E-state index contributed by atoms with van der Waals surface area (Å²) in [6.07, 6.45) is 1.02. The van der Waals surface area contributed by atoms with Crippen molar-refractivity contribution >= 4 is 44.0 Å². The number of pyridine rings is 1. The molecule has 1 N–H and O–H groups in total. The van der Waals surface area contributed by atoms with Crippen molar-refractivity contribution in [3.8, 4) is 0 Å². The normalized spacial score (nSPS) is 10.8. The Morgan fingerprint density at radius 3 is 2.79 bits per heavy atom. The van der Waals surface area contributed by atoms with Crippen LogP contribution in [0.25, 0.3) is 10.9 Å². The van der Waals surface area contributed by atoms with E-state index >= 15 is 0 Å². The fraction of sp³-hybridized carbons (Fsp3) is 0.133. The van der Waals surface area contributed by atoms with Gasteiger partial charge in [-0.25, -0.2) is 4.98 Å². The molecule has 2 heterocycles. The van der Waals surface area contributed by atoms with Gasteiger partial charge in [0.2, 0.25) is 0 Å². The first-order valence-electron chi connectivity index (χ1n) is 6.15.